The Morgan fingerprint density at radius 1 is 0.976 bits per heavy atom. The summed E-state index contributed by atoms with van der Waals surface area (Å²) in [4.78, 5) is 33.0. The molecule has 2 aromatic heterocycles. The van der Waals surface area contributed by atoms with E-state index in [0.29, 0.717) is 57.4 Å². The van der Waals surface area contributed by atoms with Crippen LogP contribution in [-0.2, 0) is 17.7 Å². The second kappa shape index (κ2) is 12.3. The van der Waals surface area contributed by atoms with Gasteiger partial charge in [-0.15, -0.1) is 0 Å². The van der Waals surface area contributed by atoms with E-state index in [2.05, 4.69) is 9.97 Å². The molecule has 2 heterocycles. The molecule has 0 aliphatic carbocycles. The summed E-state index contributed by atoms with van der Waals surface area (Å²) in [5.41, 5.74) is 3.33. The smallest absolute Gasteiger partial charge is 0.335 e. The van der Waals surface area contributed by atoms with Crippen LogP contribution in [0.4, 0.5) is 4.39 Å². The van der Waals surface area contributed by atoms with Crippen LogP contribution in [-0.4, -0.2) is 51.7 Å². The minimum Gasteiger partial charge on any atom is -0.478 e. The van der Waals surface area contributed by atoms with Crippen molar-refractivity contribution < 1.29 is 28.6 Å². The van der Waals surface area contributed by atoms with Crippen LogP contribution in [0.25, 0.3) is 22.3 Å². The van der Waals surface area contributed by atoms with Gasteiger partial charge in [0.2, 0.25) is 5.88 Å². The van der Waals surface area contributed by atoms with Crippen LogP contribution >= 0.6 is 11.6 Å². The Kier molecular flexibility index (Phi) is 8.37. The number of methoxy groups -OCH3 is 1. The van der Waals surface area contributed by atoms with Crippen molar-refractivity contribution >= 4 is 34.4 Å². The van der Waals surface area contributed by atoms with Gasteiger partial charge in [-0.05, 0) is 60.2 Å². The maximum atomic E-state index is 15.3. The van der Waals surface area contributed by atoms with Crippen molar-refractivity contribution in [3.63, 3.8) is 0 Å². The first kappa shape index (κ1) is 27.9. The van der Waals surface area contributed by atoms with Gasteiger partial charge >= 0.3 is 5.97 Å². The Labute approximate surface area is 240 Å². The number of nitrogens with zero attached hydrogens (tertiary/aromatic N) is 3. The van der Waals surface area contributed by atoms with Crippen molar-refractivity contribution in [2.24, 2.45) is 0 Å². The highest BCUT2D eigenvalue weighted by molar-refractivity contribution is 6.30. The second-order valence-electron chi connectivity index (χ2n) is 9.24. The Morgan fingerprint density at radius 2 is 1.76 bits per heavy atom. The maximum absolute atomic E-state index is 15.3. The van der Waals surface area contributed by atoms with E-state index in [0.717, 1.165) is 0 Å². The average molecular weight is 574 g/mol. The monoisotopic (exact) mass is 573 g/mol. The van der Waals surface area contributed by atoms with E-state index in [1.165, 1.54) is 12.1 Å². The lowest BCUT2D eigenvalue weighted by Gasteiger charge is -2.11. The molecule has 0 aliphatic heterocycles. The van der Waals surface area contributed by atoms with Crippen LogP contribution in [0, 0.1) is 5.82 Å². The number of pyridine rings is 1. The SMILES string of the molecule is COCCn1c(Cc2ccc(-c3cccc(OCC(=O)c4ccc(Cl)cc4)n3)cc2F)nc2ccc(C(=O)O)cc21. The molecule has 0 amide bonds. The predicted molar refractivity (Wildman–Crippen MR) is 152 cm³/mol. The van der Waals surface area contributed by atoms with Gasteiger partial charge in [0.05, 0.1) is 28.9 Å². The number of carboxylic acids is 1. The van der Waals surface area contributed by atoms with Gasteiger partial charge in [-0.1, -0.05) is 29.8 Å². The molecule has 5 aromatic rings. The number of imidazole rings is 1. The zero-order valence-corrected chi connectivity index (χ0v) is 22.8. The molecule has 5 rings (SSSR count). The number of fused-ring (bicyclic) bond motifs is 1. The molecule has 3 aromatic carbocycles. The number of halogens is 2. The number of aromatic nitrogens is 3. The molecule has 0 bridgehead atoms. The van der Waals surface area contributed by atoms with Crippen LogP contribution < -0.4 is 4.74 Å². The molecular weight excluding hydrogens is 549 g/mol. The number of carbonyl (C=O) groups is 2. The van der Waals surface area contributed by atoms with Crippen molar-refractivity contribution in [1.82, 2.24) is 14.5 Å². The molecule has 0 radical (unpaired) electrons. The quantitative estimate of drug-likeness (QED) is 0.191. The summed E-state index contributed by atoms with van der Waals surface area (Å²) in [5, 5.41) is 9.94. The van der Waals surface area contributed by atoms with Gasteiger partial charge in [0.25, 0.3) is 0 Å². The highest BCUT2D eigenvalue weighted by Gasteiger charge is 2.16. The largest absolute Gasteiger partial charge is 0.478 e. The minimum absolute atomic E-state index is 0.145. The molecule has 0 saturated heterocycles. The van der Waals surface area contributed by atoms with Crippen molar-refractivity contribution in [3.8, 4) is 17.1 Å². The average Bonchev–Trinajstić information content (AvgIpc) is 3.32. The maximum Gasteiger partial charge on any atom is 0.335 e. The minimum atomic E-state index is -1.04. The van der Waals surface area contributed by atoms with Crippen molar-refractivity contribution in [3.05, 3.63) is 112 Å². The summed E-state index contributed by atoms with van der Waals surface area (Å²) in [6.07, 6.45) is 0.191. The zero-order valence-electron chi connectivity index (χ0n) is 22.0. The molecule has 208 valence electrons. The molecule has 1 N–H and O–H groups in total. The molecule has 0 fully saturated rings. The molecule has 41 heavy (non-hydrogen) atoms. The number of rotatable bonds is 11. The second-order valence-corrected chi connectivity index (χ2v) is 9.68. The molecule has 0 atom stereocenters. The Hall–Kier alpha value is -4.60. The van der Waals surface area contributed by atoms with Gasteiger partial charge in [-0.2, -0.15) is 0 Å². The van der Waals surface area contributed by atoms with Crippen LogP contribution in [0.2, 0.25) is 5.02 Å². The normalized spacial score (nSPS) is 11.1. The van der Waals surface area contributed by atoms with Gasteiger partial charge in [-0.3, -0.25) is 4.79 Å². The van der Waals surface area contributed by atoms with E-state index in [1.54, 1.807) is 73.8 Å². The van der Waals surface area contributed by atoms with Gasteiger partial charge in [0, 0.05) is 42.3 Å². The standard InChI is InChI=1S/C31H25ClFN3O5/c1-40-14-13-36-27-16-22(31(38)39)9-12-26(27)34-29(36)17-20-5-6-21(15-24(20)33)25-3-2-4-30(35-25)41-18-28(37)19-7-10-23(32)11-8-19/h2-12,15-16H,13-14,17-18H2,1H3,(H,38,39). The van der Waals surface area contributed by atoms with E-state index in [1.807, 2.05) is 4.57 Å². The van der Waals surface area contributed by atoms with Crippen LogP contribution in [0.5, 0.6) is 5.88 Å². The third-order valence-electron chi connectivity index (χ3n) is 6.53. The number of hydrogen-bond donors (Lipinski definition) is 1. The van der Waals surface area contributed by atoms with Gasteiger partial charge in [-0.25, -0.2) is 19.2 Å². The van der Waals surface area contributed by atoms with Crippen molar-refractivity contribution in [2.45, 2.75) is 13.0 Å². The van der Waals surface area contributed by atoms with Crippen molar-refractivity contribution in [2.75, 3.05) is 20.3 Å². The topological polar surface area (TPSA) is 104 Å². The van der Waals surface area contributed by atoms with Gasteiger partial charge < -0.3 is 19.1 Å². The highest BCUT2D eigenvalue weighted by Crippen LogP contribution is 2.26. The van der Waals surface area contributed by atoms with E-state index in [4.69, 9.17) is 21.1 Å². The summed E-state index contributed by atoms with van der Waals surface area (Å²) in [6.45, 7) is 0.609. The van der Waals surface area contributed by atoms with Crippen molar-refractivity contribution in [1.29, 1.82) is 0 Å². The van der Waals surface area contributed by atoms with Crippen LogP contribution in [0.1, 0.15) is 32.1 Å². The third kappa shape index (κ3) is 6.42. The Balaban J connectivity index is 1.34. The number of carbonyl (C=O) groups excluding carboxylic acids is 1. The first-order chi connectivity index (χ1) is 19.8. The summed E-state index contributed by atoms with van der Waals surface area (Å²) in [6, 6.07) is 21.1. The number of benzene rings is 3. The molecule has 0 unspecified atom stereocenters. The predicted octanol–water partition coefficient (Wildman–Crippen LogP) is 6.09. The number of aromatic carboxylic acids is 1. The van der Waals surface area contributed by atoms with Gasteiger partial charge in [0.1, 0.15) is 11.6 Å². The molecule has 0 aliphatic rings. The molecular formula is C31H25ClFN3O5. The molecule has 10 heteroatoms. The summed E-state index contributed by atoms with van der Waals surface area (Å²) >= 11 is 5.88. The number of carboxylic acid groups (broad SMARTS) is 1. The van der Waals surface area contributed by atoms with E-state index in [-0.39, 0.29) is 30.3 Å². The van der Waals surface area contributed by atoms with E-state index >= 15 is 4.39 Å². The number of hydrogen-bond acceptors (Lipinski definition) is 6. The Bertz CT molecular complexity index is 1740. The fraction of sp³-hybridized carbons (Fsp3) is 0.161. The first-order valence-electron chi connectivity index (χ1n) is 12.7. The highest BCUT2D eigenvalue weighted by atomic mass is 35.5. The summed E-state index contributed by atoms with van der Waals surface area (Å²) in [5.74, 6) is -0.872. The van der Waals surface area contributed by atoms with Gasteiger partial charge in [0.15, 0.2) is 12.4 Å². The molecule has 8 nitrogen and oxygen atoms in total. The molecule has 0 spiro atoms. The summed E-state index contributed by atoms with van der Waals surface area (Å²) < 4.78 is 28.0. The number of Topliss-reactive ketones (excluding diaryl/α,β-unsaturated/α-hetero) is 1. The third-order valence-corrected chi connectivity index (χ3v) is 6.78. The fourth-order valence-corrected chi connectivity index (χ4v) is 4.53. The number of ketones is 1. The first-order valence-corrected chi connectivity index (χ1v) is 13.1. The lowest BCUT2D eigenvalue weighted by molar-refractivity contribution is 0.0696. The fourth-order valence-electron chi connectivity index (χ4n) is 4.41. The number of ether oxygens (including phenoxy) is 2. The zero-order chi connectivity index (χ0) is 28.9. The Morgan fingerprint density at radius 3 is 2.49 bits per heavy atom. The van der Waals surface area contributed by atoms with Crippen LogP contribution in [0.3, 0.4) is 0 Å². The van der Waals surface area contributed by atoms with Crippen LogP contribution in [0.15, 0.2) is 78.9 Å². The lowest BCUT2D eigenvalue weighted by atomic mass is 10.1. The summed E-state index contributed by atoms with van der Waals surface area (Å²) in [7, 11) is 1.57. The van der Waals surface area contributed by atoms with E-state index < -0.39 is 11.8 Å². The lowest BCUT2D eigenvalue weighted by Crippen LogP contribution is -2.12. The van der Waals surface area contributed by atoms with E-state index in [9.17, 15) is 14.7 Å². The molecule has 0 saturated carbocycles.